The minimum Gasteiger partial charge on any atom is -0.508 e. The summed E-state index contributed by atoms with van der Waals surface area (Å²) in [4.78, 5) is 26.3. The highest BCUT2D eigenvalue weighted by atomic mass is 19.1. The van der Waals surface area contributed by atoms with E-state index in [-0.39, 0.29) is 16.4 Å². The number of halogens is 1. The normalized spacial score (nSPS) is 28.9. The number of hydrogen-bond acceptors (Lipinski definition) is 10. The van der Waals surface area contributed by atoms with Crippen molar-refractivity contribution in [2.24, 2.45) is 0 Å². The summed E-state index contributed by atoms with van der Waals surface area (Å²) in [5.41, 5.74) is -5.36. The van der Waals surface area contributed by atoms with E-state index in [1.807, 2.05) is 4.98 Å². The van der Waals surface area contributed by atoms with Crippen molar-refractivity contribution in [2.75, 3.05) is 6.61 Å². The number of rotatable bonds is 7. The van der Waals surface area contributed by atoms with Gasteiger partial charge in [0.2, 0.25) is 5.72 Å². The predicted molar refractivity (Wildman–Crippen MR) is 104 cm³/mol. The largest absolute Gasteiger partial charge is 0.508 e. The van der Waals surface area contributed by atoms with Crippen LogP contribution in [0, 0.1) is 0 Å². The van der Waals surface area contributed by atoms with Gasteiger partial charge in [0.25, 0.3) is 5.56 Å². The van der Waals surface area contributed by atoms with Crippen molar-refractivity contribution in [1.29, 1.82) is 0 Å². The summed E-state index contributed by atoms with van der Waals surface area (Å²) in [5.74, 6) is -3.30. The molecule has 0 radical (unpaired) electrons. The number of benzene rings is 1. The molecule has 2 aromatic rings. The van der Waals surface area contributed by atoms with E-state index in [1.165, 1.54) is 24.3 Å². The van der Waals surface area contributed by atoms with Crippen LogP contribution in [0.2, 0.25) is 0 Å². The van der Waals surface area contributed by atoms with Crippen LogP contribution in [0.25, 0.3) is 0 Å². The molecule has 1 aromatic carbocycles. The number of aliphatic hydroxyl groups excluding tert-OH is 2. The molecule has 0 bridgehead atoms. The number of aromatic hydroxyl groups is 1. The molecule has 0 amide bonds. The van der Waals surface area contributed by atoms with Crippen molar-refractivity contribution in [2.45, 2.75) is 49.9 Å². The molecule has 1 fully saturated rings. The van der Waals surface area contributed by atoms with Gasteiger partial charge in [0.05, 0.1) is 13.2 Å². The second kappa shape index (κ2) is 8.71. The lowest BCUT2D eigenvalue weighted by atomic mass is 10.00. The third-order valence-electron chi connectivity index (χ3n) is 5.25. The van der Waals surface area contributed by atoms with E-state index in [2.05, 4.69) is 0 Å². The fraction of sp³-hybridized carbons (Fsp3) is 0.474. The van der Waals surface area contributed by atoms with Crippen molar-refractivity contribution in [3.05, 3.63) is 62.4 Å². The molecule has 1 aliphatic heterocycles. The van der Waals surface area contributed by atoms with E-state index in [9.17, 15) is 44.7 Å². The summed E-state index contributed by atoms with van der Waals surface area (Å²) in [5, 5.41) is 62.7. The summed E-state index contributed by atoms with van der Waals surface area (Å²) in [6, 6.07) is 5.32. The van der Waals surface area contributed by atoms with Crippen molar-refractivity contribution in [3.8, 4) is 5.75 Å². The Hall–Kier alpha value is -2.65. The number of hydroxylamine groups is 2. The van der Waals surface area contributed by atoms with Gasteiger partial charge in [0, 0.05) is 18.2 Å². The standard InChI is InChI=1S/C19H24FN3O9/c1-10(20)6-12-8-22(17(28)21-16(12)27)19(30)18(29,15(26)14(9-24)32-19)23(31)7-11-2-4-13(25)5-3-11/h2-5,8,10,14-15,24-26,29-31H,6-7,9H2,1H3,(H,21,27,28)/t10?,14-,15-,18-,19+/m1/s1. The zero-order valence-electron chi connectivity index (χ0n) is 16.9. The number of aromatic nitrogens is 2. The summed E-state index contributed by atoms with van der Waals surface area (Å²) in [6.07, 6.45) is -5.03. The van der Waals surface area contributed by atoms with Crippen LogP contribution in [0.3, 0.4) is 0 Å². The minimum atomic E-state index is -3.22. The second-order valence-corrected chi connectivity index (χ2v) is 7.61. The lowest BCUT2D eigenvalue weighted by Gasteiger charge is -2.42. The van der Waals surface area contributed by atoms with E-state index in [0.29, 0.717) is 10.1 Å². The van der Waals surface area contributed by atoms with E-state index >= 15 is 0 Å². The smallest absolute Gasteiger partial charge is 0.332 e. The van der Waals surface area contributed by atoms with Crippen LogP contribution < -0.4 is 11.2 Å². The topological polar surface area (TPSA) is 189 Å². The molecule has 12 nitrogen and oxygen atoms in total. The molecule has 176 valence electrons. The van der Waals surface area contributed by atoms with Gasteiger partial charge < -0.3 is 35.5 Å². The van der Waals surface area contributed by atoms with Crippen LogP contribution in [0.1, 0.15) is 18.1 Å². The van der Waals surface area contributed by atoms with Crippen molar-refractivity contribution < 1.29 is 39.9 Å². The quantitative estimate of drug-likeness (QED) is 0.182. The highest BCUT2D eigenvalue weighted by Gasteiger charge is 2.70. The molecule has 2 heterocycles. The first-order valence-corrected chi connectivity index (χ1v) is 9.59. The molecule has 32 heavy (non-hydrogen) atoms. The second-order valence-electron chi connectivity index (χ2n) is 7.61. The molecule has 1 unspecified atom stereocenters. The number of nitrogens with zero attached hydrogens (tertiary/aromatic N) is 2. The Morgan fingerprint density at radius 1 is 1.28 bits per heavy atom. The Balaban J connectivity index is 2.12. The van der Waals surface area contributed by atoms with Crippen LogP contribution in [0.4, 0.5) is 4.39 Å². The number of alkyl halides is 1. The number of H-pyrrole nitrogens is 1. The zero-order chi connectivity index (χ0) is 23.8. The van der Waals surface area contributed by atoms with Gasteiger partial charge in [-0.1, -0.05) is 12.1 Å². The maximum atomic E-state index is 13.5. The lowest BCUT2D eigenvalue weighted by Crippen LogP contribution is -2.68. The van der Waals surface area contributed by atoms with Gasteiger partial charge >= 0.3 is 11.6 Å². The molecular weight excluding hydrogens is 433 g/mol. The monoisotopic (exact) mass is 457 g/mol. The van der Waals surface area contributed by atoms with E-state index < -0.39 is 60.8 Å². The molecule has 5 atom stereocenters. The fourth-order valence-corrected chi connectivity index (χ4v) is 3.59. The minimum absolute atomic E-state index is 0.0764. The summed E-state index contributed by atoms with van der Waals surface area (Å²) < 4.78 is 19.0. The van der Waals surface area contributed by atoms with E-state index in [4.69, 9.17) is 4.74 Å². The number of phenolic OH excluding ortho intramolecular Hbond substituents is 1. The first-order chi connectivity index (χ1) is 14.9. The van der Waals surface area contributed by atoms with Gasteiger partial charge in [0.1, 0.15) is 24.1 Å². The third kappa shape index (κ3) is 3.95. The maximum Gasteiger partial charge on any atom is 0.332 e. The molecule has 0 aliphatic carbocycles. The Morgan fingerprint density at radius 2 is 1.91 bits per heavy atom. The molecule has 3 rings (SSSR count). The first kappa shape index (κ1) is 24.0. The van der Waals surface area contributed by atoms with Crippen LogP contribution in [0.5, 0.6) is 5.75 Å². The summed E-state index contributed by atoms with van der Waals surface area (Å²) in [6.45, 7) is -0.305. The van der Waals surface area contributed by atoms with Crippen LogP contribution in [-0.4, -0.2) is 76.1 Å². The summed E-state index contributed by atoms with van der Waals surface area (Å²) in [7, 11) is 0. The molecular formula is C19H24FN3O9. The highest BCUT2D eigenvalue weighted by Crippen LogP contribution is 2.43. The number of phenols is 1. The van der Waals surface area contributed by atoms with Crippen LogP contribution in [-0.2, 0) is 23.6 Å². The predicted octanol–water partition coefficient (Wildman–Crippen LogP) is -1.92. The number of aliphatic hydroxyl groups is 4. The molecule has 7 N–H and O–H groups in total. The number of ether oxygens (including phenoxy) is 1. The van der Waals surface area contributed by atoms with Crippen molar-refractivity contribution in [3.63, 3.8) is 0 Å². The molecule has 1 aromatic heterocycles. The number of nitrogens with one attached hydrogen (secondary N) is 1. The van der Waals surface area contributed by atoms with E-state index in [1.54, 1.807) is 0 Å². The molecule has 13 heteroatoms. The number of aromatic amines is 1. The van der Waals surface area contributed by atoms with Gasteiger partial charge in [-0.25, -0.2) is 13.8 Å². The number of hydrogen-bond donors (Lipinski definition) is 7. The van der Waals surface area contributed by atoms with Gasteiger partial charge in [-0.15, -0.1) is 5.06 Å². The first-order valence-electron chi connectivity index (χ1n) is 9.59. The fourth-order valence-electron chi connectivity index (χ4n) is 3.59. The molecule has 1 saturated heterocycles. The average Bonchev–Trinajstić information content (AvgIpc) is 2.93. The maximum absolute atomic E-state index is 13.5. The highest BCUT2D eigenvalue weighted by molar-refractivity contribution is 5.26. The van der Waals surface area contributed by atoms with Gasteiger partial charge in [-0.05, 0) is 24.6 Å². The summed E-state index contributed by atoms with van der Waals surface area (Å²) >= 11 is 0. The van der Waals surface area contributed by atoms with Gasteiger partial charge in [0.15, 0.2) is 0 Å². The Bertz CT molecular complexity index is 1070. The molecule has 0 saturated carbocycles. The lowest BCUT2D eigenvalue weighted by molar-refractivity contribution is -0.413. The van der Waals surface area contributed by atoms with Gasteiger partial charge in [-0.3, -0.25) is 9.78 Å². The molecule has 1 aliphatic rings. The van der Waals surface area contributed by atoms with Gasteiger partial charge in [-0.2, -0.15) is 0 Å². The Morgan fingerprint density at radius 3 is 2.47 bits per heavy atom. The molecule has 0 spiro atoms. The zero-order valence-corrected chi connectivity index (χ0v) is 16.9. The third-order valence-corrected chi connectivity index (χ3v) is 5.25. The van der Waals surface area contributed by atoms with Crippen molar-refractivity contribution in [1.82, 2.24) is 14.6 Å². The Kier molecular flexibility index (Phi) is 6.53. The van der Waals surface area contributed by atoms with Crippen LogP contribution >= 0.6 is 0 Å². The van der Waals surface area contributed by atoms with Crippen molar-refractivity contribution >= 4 is 0 Å². The van der Waals surface area contributed by atoms with Crippen LogP contribution in [0.15, 0.2) is 40.1 Å². The Labute approximate surface area is 179 Å². The SMILES string of the molecule is CC(F)Cc1cn([C@@]2(O)O[C@H](CO)[C@@H](O)[C@]2(O)N(O)Cc2ccc(O)cc2)c(=O)[nH]c1=O. The average molecular weight is 457 g/mol. The van der Waals surface area contributed by atoms with E-state index in [0.717, 1.165) is 13.1 Å².